The van der Waals surface area contributed by atoms with Crippen molar-refractivity contribution in [3.8, 4) is 0 Å². The monoisotopic (exact) mass is 301 g/mol. The minimum absolute atomic E-state index is 0.266. The van der Waals surface area contributed by atoms with Gasteiger partial charge in [-0.05, 0) is 19.1 Å². The molecule has 1 heterocycles. The third-order valence-corrected chi connectivity index (χ3v) is 3.61. The zero-order chi connectivity index (χ0) is 15.8. The maximum absolute atomic E-state index is 12.9. The number of alkyl halides is 3. The van der Waals surface area contributed by atoms with Crippen LogP contribution in [0.1, 0.15) is 15.9 Å². The van der Waals surface area contributed by atoms with Gasteiger partial charge in [-0.2, -0.15) is 13.2 Å². The van der Waals surface area contributed by atoms with Gasteiger partial charge in [0.25, 0.3) is 5.91 Å². The quantitative estimate of drug-likeness (QED) is 0.912. The number of aliphatic carboxylic acids is 1. The molecule has 0 aromatic heterocycles. The number of likely N-dealkylation sites (tertiary alicyclic amines) is 1. The van der Waals surface area contributed by atoms with E-state index in [1.54, 1.807) is 25.1 Å². The van der Waals surface area contributed by atoms with Gasteiger partial charge in [0.1, 0.15) is 0 Å². The average Bonchev–Trinajstić information content (AvgIpc) is 2.83. The summed E-state index contributed by atoms with van der Waals surface area (Å²) in [5.74, 6) is -5.74. The number of carbonyl (C=O) groups is 2. The van der Waals surface area contributed by atoms with Crippen molar-refractivity contribution in [3.05, 3.63) is 35.4 Å². The van der Waals surface area contributed by atoms with Crippen molar-refractivity contribution in [2.75, 3.05) is 13.1 Å². The molecule has 0 spiro atoms. The zero-order valence-electron chi connectivity index (χ0n) is 11.2. The molecule has 7 heteroatoms. The fraction of sp³-hybridized carbons (Fsp3) is 0.429. The third-order valence-electron chi connectivity index (χ3n) is 3.61. The molecular weight excluding hydrogens is 287 g/mol. The first-order valence-corrected chi connectivity index (χ1v) is 6.35. The number of carboxylic acid groups (broad SMARTS) is 1. The molecule has 1 aliphatic rings. The molecule has 1 saturated heterocycles. The third kappa shape index (κ3) is 3.17. The SMILES string of the molecule is Cc1cccc(C(=O)N2C[C@@H](C(F)(F)F)[C@H](C(=O)O)C2)c1. The van der Waals surface area contributed by atoms with Gasteiger partial charge in [0.05, 0.1) is 11.8 Å². The van der Waals surface area contributed by atoms with E-state index in [-0.39, 0.29) is 5.56 Å². The molecule has 1 aromatic rings. The fourth-order valence-electron chi connectivity index (χ4n) is 2.51. The second kappa shape index (κ2) is 5.38. The second-order valence-electron chi connectivity index (χ2n) is 5.17. The van der Waals surface area contributed by atoms with Crippen LogP contribution >= 0.6 is 0 Å². The maximum atomic E-state index is 12.9. The van der Waals surface area contributed by atoms with Crippen LogP contribution in [0.5, 0.6) is 0 Å². The topological polar surface area (TPSA) is 57.6 Å². The number of carbonyl (C=O) groups excluding carboxylic acids is 1. The van der Waals surface area contributed by atoms with Gasteiger partial charge in [0.2, 0.25) is 0 Å². The molecule has 2 atom stereocenters. The number of hydrogen-bond donors (Lipinski definition) is 1. The lowest BCUT2D eigenvalue weighted by atomic mass is 9.96. The second-order valence-corrected chi connectivity index (χ2v) is 5.17. The van der Waals surface area contributed by atoms with Crippen molar-refractivity contribution in [1.29, 1.82) is 0 Å². The Morgan fingerprint density at radius 3 is 2.43 bits per heavy atom. The van der Waals surface area contributed by atoms with Crippen LogP contribution in [0.15, 0.2) is 24.3 Å². The van der Waals surface area contributed by atoms with E-state index in [9.17, 15) is 22.8 Å². The van der Waals surface area contributed by atoms with Crippen LogP contribution < -0.4 is 0 Å². The summed E-state index contributed by atoms with van der Waals surface area (Å²) in [7, 11) is 0. The Labute approximate surface area is 119 Å². The fourth-order valence-corrected chi connectivity index (χ4v) is 2.51. The summed E-state index contributed by atoms with van der Waals surface area (Å²) in [5.41, 5.74) is 1.07. The molecule has 4 nitrogen and oxygen atoms in total. The van der Waals surface area contributed by atoms with Gasteiger partial charge >= 0.3 is 12.1 Å². The number of nitrogens with zero attached hydrogens (tertiary/aromatic N) is 1. The molecule has 1 aliphatic heterocycles. The van der Waals surface area contributed by atoms with E-state index in [4.69, 9.17) is 5.11 Å². The van der Waals surface area contributed by atoms with Crippen molar-refractivity contribution in [3.63, 3.8) is 0 Å². The smallest absolute Gasteiger partial charge is 0.394 e. The first-order chi connectivity index (χ1) is 9.70. The van der Waals surface area contributed by atoms with E-state index in [0.717, 1.165) is 10.5 Å². The molecule has 0 aliphatic carbocycles. The number of halogens is 3. The van der Waals surface area contributed by atoms with Gasteiger partial charge in [-0.15, -0.1) is 0 Å². The Hall–Kier alpha value is -2.05. The molecule has 1 N–H and O–H groups in total. The minimum Gasteiger partial charge on any atom is -0.481 e. The number of amides is 1. The largest absolute Gasteiger partial charge is 0.481 e. The van der Waals surface area contributed by atoms with E-state index in [2.05, 4.69) is 0 Å². The normalized spacial score (nSPS) is 22.4. The van der Waals surface area contributed by atoms with E-state index in [0.29, 0.717) is 0 Å². The summed E-state index contributed by atoms with van der Waals surface area (Å²) in [6.45, 7) is 0.721. The van der Waals surface area contributed by atoms with E-state index < -0.39 is 43.0 Å². The first-order valence-electron chi connectivity index (χ1n) is 6.35. The highest BCUT2D eigenvalue weighted by molar-refractivity contribution is 5.95. The Kier molecular flexibility index (Phi) is 3.93. The maximum Gasteiger partial charge on any atom is 0.394 e. The van der Waals surface area contributed by atoms with Crippen LogP contribution in [0.2, 0.25) is 0 Å². The molecule has 1 fully saturated rings. The summed E-state index contributed by atoms with van der Waals surface area (Å²) >= 11 is 0. The summed E-state index contributed by atoms with van der Waals surface area (Å²) in [6.07, 6.45) is -4.63. The van der Waals surface area contributed by atoms with E-state index in [1.807, 2.05) is 0 Å². The van der Waals surface area contributed by atoms with Crippen molar-refractivity contribution in [1.82, 2.24) is 4.90 Å². The van der Waals surface area contributed by atoms with Crippen molar-refractivity contribution in [2.24, 2.45) is 11.8 Å². The van der Waals surface area contributed by atoms with Crippen LogP contribution in [0.4, 0.5) is 13.2 Å². The number of hydrogen-bond acceptors (Lipinski definition) is 2. The van der Waals surface area contributed by atoms with Gasteiger partial charge in [-0.25, -0.2) is 0 Å². The van der Waals surface area contributed by atoms with E-state index in [1.165, 1.54) is 6.07 Å². The zero-order valence-corrected chi connectivity index (χ0v) is 11.2. The Balaban J connectivity index is 2.23. The highest BCUT2D eigenvalue weighted by Crippen LogP contribution is 2.38. The van der Waals surface area contributed by atoms with Crippen molar-refractivity contribution in [2.45, 2.75) is 13.1 Å². The summed E-state index contributed by atoms with van der Waals surface area (Å²) < 4.78 is 38.6. The van der Waals surface area contributed by atoms with Crippen LogP contribution in [0.3, 0.4) is 0 Å². The Bertz CT molecular complexity index is 571. The number of carboxylic acids is 1. The summed E-state index contributed by atoms with van der Waals surface area (Å²) in [4.78, 5) is 24.1. The summed E-state index contributed by atoms with van der Waals surface area (Å²) in [6, 6.07) is 6.47. The molecule has 0 radical (unpaired) electrons. The Morgan fingerprint density at radius 1 is 1.29 bits per heavy atom. The standard InChI is InChI=1S/C14H14F3NO3/c1-8-3-2-4-9(5-8)12(19)18-6-10(13(20)21)11(7-18)14(15,16)17/h2-5,10-11H,6-7H2,1H3,(H,20,21)/t10-,11-/m1/s1. The number of aryl methyl sites for hydroxylation is 1. The van der Waals surface area contributed by atoms with Crippen LogP contribution in [0, 0.1) is 18.8 Å². The first kappa shape index (κ1) is 15.3. The van der Waals surface area contributed by atoms with Gasteiger partial charge in [-0.1, -0.05) is 17.7 Å². The van der Waals surface area contributed by atoms with Gasteiger partial charge in [0, 0.05) is 18.7 Å². The predicted octanol–water partition coefficient (Wildman–Crippen LogP) is 2.33. The molecule has 21 heavy (non-hydrogen) atoms. The predicted molar refractivity (Wildman–Crippen MR) is 67.8 cm³/mol. The average molecular weight is 301 g/mol. The lowest BCUT2D eigenvalue weighted by Gasteiger charge is -2.18. The van der Waals surface area contributed by atoms with Gasteiger partial charge in [0.15, 0.2) is 0 Å². The number of rotatable bonds is 2. The van der Waals surface area contributed by atoms with Crippen molar-refractivity contribution < 1.29 is 27.9 Å². The van der Waals surface area contributed by atoms with Crippen LogP contribution in [-0.4, -0.2) is 41.1 Å². The van der Waals surface area contributed by atoms with Gasteiger partial charge in [-0.3, -0.25) is 9.59 Å². The molecule has 1 amide bonds. The Morgan fingerprint density at radius 2 is 1.95 bits per heavy atom. The molecule has 2 rings (SSSR count). The highest BCUT2D eigenvalue weighted by Gasteiger charge is 2.53. The molecule has 114 valence electrons. The number of benzene rings is 1. The summed E-state index contributed by atoms with van der Waals surface area (Å²) in [5, 5.41) is 8.92. The molecule has 0 saturated carbocycles. The molecule has 0 unspecified atom stereocenters. The molecule has 1 aromatic carbocycles. The van der Waals surface area contributed by atoms with Gasteiger partial charge < -0.3 is 10.0 Å². The lowest BCUT2D eigenvalue weighted by molar-refractivity contribution is -0.187. The minimum atomic E-state index is -4.63. The highest BCUT2D eigenvalue weighted by atomic mass is 19.4. The molecule has 0 bridgehead atoms. The molecular formula is C14H14F3NO3. The lowest BCUT2D eigenvalue weighted by Crippen LogP contribution is -2.34. The van der Waals surface area contributed by atoms with E-state index >= 15 is 0 Å². The van der Waals surface area contributed by atoms with Crippen LogP contribution in [0.25, 0.3) is 0 Å². The van der Waals surface area contributed by atoms with Crippen LogP contribution in [-0.2, 0) is 4.79 Å². The van der Waals surface area contributed by atoms with Crippen molar-refractivity contribution >= 4 is 11.9 Å².